The van der Waals surface area contributed by atoms with Crippen LogP contribution in [0.4, 0.5) is 4.39 Å². The summed E-state index contributed by atoms with van der Waals surface area (Å²) in [6.45, 7) is 2.56. The smallest absolute Gasteiger partial charge is 0.200 e. The van der Waals surface area contributed by atoms with Gasteiger partial charge in [0.25, 0.3) is 0 Å². The van der Waals surface area contributed by atoms with Gasteiger partial charge in [0.2, 0.25) is 5.43 Å². The maximum absolute atomic E-state index is 13.3. The summed E-state index contributed by atoms with van der Waals surface area (Å²) in [4.78, 5) is 13.2. The second-order valence-corrected chi connectivity index (χ2v) is 7.48. The number of aryl methyl sites for hydroxylation is 1. The molecule has 0 spiro atoms. The molecule has 3 aromatic carbocycles. The van der Waals surface area contributed by atoms with Gasteiger partial charge in [-0.2, -0.15) is 0 Å². The Morgan fingerprint density at radius 1 is 1.00 bits per heavy atom. The van der Waals surface area contributed by atoms with Gasteiger partial charge < -0.3 is 14.8 Å². The molecule has 0 radical (unpaired) electrons. The molecule has 0 aliphatic carbocycles. The zero-order valence-electron chi connectivity index (χ0n) is 16.2. The van der Waals surface area contributed by atoms with E-state index in [1.165, 1.54) is 18.2 Å². The Morgan fingerprint density at radius 2 is 1.70 bits per heavy atom. The van der Waals surface area contributed by atoms with E-state index in [9.17, 15) is 14.3 Å². The lowest BCUT2D eigenvalue weighted by molar-refractivity contribution is 0.461. The van der Waals surface area contributed by atoms with E-state index in [2.05, 4.69) is 5.32 Å². The average molecular weight is 424 g/mol. The summed E-state index contributed by atoms with van der Waals surface area (Å²) in [6, 6.07) is 16.2. The standard InChI is InChI=1S/C24H19ClFNO3/c1-14-22(16-4-8-18(26)9-5-16)23(29)19-10-11-21(28)20(24(19)30-14)13-27-12-15-2-6-17(25)7-3-15/h2-11,27-28H,12-13H2,1H3. The van der Waals surface area contributed by atoms with E-state index in [0.29, 0.717) is 51.5 Å². The molecule has 2 N–H and O–H groups in total. The SMILES string of the molecule is Cc1oc2c(CNCc3ccc(Cl)cc3)c(O)ccc2c(=O)c1-c1ccc(F)cc1. The second kappa shape index (κ2) is 8.30. The van der Waals surface area contributed by atoms with Gasteiger partial charge in [0.05, 0.1) is 16.5 Å². The minimum Gasteiger partial charge on any atom is -0.507 e. The molecule has 0 aliphatic heterocycles. The predicted octanol–water partition coefficient (Wildman–Crippen LogP) is 5.56. The molecule has 0 amide bonds. The Morgan fingerprint density at radius 3 is 2.40 bits per heavy atom. The van der Waals surface area contributed by atoms with Gasteiger partial charge in [0, 0.05) is 18.1 Å². The van der Waals surface area contributed by atoms with Crippen molar-refractivity contribution >= 4 is 22.6 Å². The first-order valence-electron chi connectivity index (χ1n) is 9.43. The van der Waals surface area contributed by atoms with Crippen LogP contribution >= 0.6 is 11.6 Å². The van der Waals surface area contributed by atoms with E-state index in [-0.39, 0.29) is 17.0 Å². The highest BCUT2D eigenvalue weighted by Gasteiger charge is 2.18. The fraction of sp³-hybridized carbons (Fsp3) is 0.125. The summed E-state index contributed by atoms with van der Waals surface area (Å²) in [7, 11) is 0. The van der Waals surface area contributed by atoms with Gasteiger partial charge >= 0.3 is 0 Å². The van der Waals surface area contributed by atoms with Crippen LogP contribution in [0.1, 0.15) is 16.9 Å². The zero-order valence-corrected chi connectivity index (χ0v) is 17.0. The first-order valence-corrected chi connectivity index (χ1v) is 9.81. The molecule has 4 aromatic rings. The molecule has 4 rings (SSSR count). The van der Waals surface area contributed by atoms with Crippen LogP contribution in [0.15, 0.2) is 69.9 Å². The molecular formula is C24H19ClFNO3. The molecule has 0 saturated heterocycles. The normalized spacial score (nSPS) is 11.2. The van der Waals surface area contributed by atoms with Gasteiger partial charge in [-0.15, -0.1) is 0 Å². The fourth-order valence-corrected chi connectivity index (χ4v) is 3.59. The third kappa shape index (κ3) is 3.95. The van der Waals surface area contributed by atoms with Crippen LogP contribution in [0.3, 0.4) is 0 Å². The maximum Gasteiger partial charge on any atom is 0.200 e. The molecule has 0 saturated carbocycles. The molecule has 4 nitrogen and oxygen atoms in total. The lowest BCUT2D eigenvalue weighted by Crippen LogP contribution is -2.14. The molecule has 0 bridgehead atoms. The number of aromatic hydroxyl groups is 1. The van der Waals surface area contributed by atoms with Crippen molar-refractivity contribution in [1.29, 1.82) is 0 Å². The summed E-state index contributed by atoms with van der Waals surface area (Å²) in [6.07, 6.45) is 0. The highest BCUT2D eigenvalue weighted by Crippen LogP contribution is 2.30. The molecule has 6 heteroatoms. The molecule has 0 fully saturated rings. The van der Waals surface area contributed by atoms with E-state index in [4.69, 9.17) is 16.0 Å². The second-order valence-electron chi connectivity index (χ2n) is 7.04. The summed E-state index contributed by atoms with van der Waals surface area (Å²) < 4.78 is 19.2. The predicted molar refractivity (Wildman–Crippen MR) is 116 cm³/mol. The van der Waals surface area contributed by atoms with Gasteiger partial charge in [0.15, 0.2) is 0 Å². The van der Waals surface area contributed by atoms with Crippen LogP contribution in [0, 0.1) is 12.7 Å². The lowest BCUT2D eigenvalue weighted by Gasteiger charge is -2.12. The molecular weight excluding hydrogens is 405 g/mol. The van der Waals surface area contributed by atoms with Gasteiger partial charge in [-0.3, -0.25) is 4.79 Å². The molecule has 1 heterocycles. The average Bonchev–Trinajstić information content (AvgIpc) is 2.72. The van der Waals surface area contributed by atoms with Crippen LogP contribution in [-0.2, 0) is 13.1 Å². The van der Waals surface area contributed by atoms with Crippen LogP contribution in [0.2, 0.25) is 5.02 Å². The van der Waals surface area contributed by atoms with Crippen LogP contribution in [0.25, 0.3) is 22.1 Å². The first kappa shape index (κ1) is 20.1. The largest absolute Gasteiger partial charge is 0.507 e. The molecule has 152 valence electrons. The molecule has 1 aromatic heterocycles. The van der Waals surface area contributed by atoms with E-state index >= 15 is 0 Å². The van der Waals surface area contributed by atoms with E-state index < -0.39 is 0 Å². The molecule has 0 atom stereocenters. The van der Waals surface area contributed by atoms with Gasteiger partial charge in [-0.25, -0.2) is 4.39 Å². The number of phenolic OH excluding ortho intramolecular Hbond substituents is 1. The number of halogens is 2. The maximum atomic E-state index is 13.3. The number of rotatable bonds is 5. The Kier molecular flexibility index (Phi) is 5.57. The van der Waals surface area contributed by atoms with Crippen molar-refractivity contribution in [3.05, 3.63) is 98.6 Å². The van der Waals surface area contributed by atoms with E-state index in [1.807, 2.05) is 24.3 Å². The lowest BCUT2D eigenvalue weighted by atomic mass is 10.0. The van der Waals surface area contributed by atoms with Gasteiger partial charge in [-0.05, 0) is 54.4 Å². The monoisotopic (exact) mass is 423 g/mol. The zero-order chi connectivity index (χ0) is 21.3. The third-order valence-electron chi connectivity index (χ3n) is 4.99. The molecule has 0 unspecified atom stereocenters. The van der Waals surface area contributed by atoms with Crippen molar-refractivity contribution < 1.29 is 13.9 Å². The Balaban J connectivity index is 1.70. The van der Waals surface area contributed by atoms with Gasteiger partial charge in [0.1, 0.15) is 22.9 Å². The summed E-state index contributed by atoms with van der Waals surface area (Å²) in [5.74, 6) is 0.0763. The fourth-order valence-electron chi connectivity index (χ4n) is 3.47. The summed E-state index contributed by atoms with van der Waals surface area (Å²) >= 11 is 5.91. The van der Waals surface area contributed by atoms with Crippen LogP contribution in [0.5, 0.6) is 5.75 Å². The number of phenols is 1. The van der Waals surface area contributed by atoms with Crippen LogP contribution < -0.4 is 10.7 Å². The van der Waals surface area contributed by atoms with Crippen molar-refractivity contribution in [1.82, 2.24) is 5.32 Å². The number of benzene rings is 3. The number of hydrogen-bond acceptors (Lipinski definition) is 4. The Labute approximate surface area is 177 Å². The van der Waals surface area contributed by atoms with Crippen LogP contribution in [-0.4, -0.2) is 5.11 Å². The molecule has 0 aliphatic rings. The van der Waals surface area contributed by atoms with Crippen molar-refractivity contribution in [2.24, 2.45) is 0 Å². The number of fused-ring (bicyclic) bond motifs is 1. The van der Waals surface area contributed by atoms with Crippen molar-refractivity contribution in [2.45, 2.75) is 20.0 Å². The highest BCUT2D eigenvalue weighted by molar-refractivity contribution is 6.30. The Hall–Kier alpha value is -3.15. The summed E-state index contributed by atoms with van der Waals surface area (Å²) in [5.41, 5.74) is 2.63. The van der Waals surface area contributed by atoms with E-state index in [0.717, 1.165) is 5.56 Å². The minimum absolute atomic E-state index is 0.0446. The number of hydrogen-bond donors (Lipinski definition) is 2. The number of nitrogens with one attached hydrogen (secondary N) is 1. The summed E-state index contributed by atoms with van der Waals surface area (Å²) in [5, 5.41) is 14.7. The molecule has 30 heavy (non-hydrogen) atoms. The third-order valence-corrected chi connectivity index (χ3v) is 5.24. The highest BCUT2D eigenvalue weighted by atomic mass is 35.5. The Bertz CT molecular complexity index is 1270. The van der Waals surface area contributed by atoms with Crippen molar-refractivity contribution in [3.8, 4) is 16.9 Å². The van der Waals surface area contributed by atoms with Gasteiger partial charge in [-0.1, -0.05) is 35.9 Å². The van der Waals surface area contributed by atoms with Crippen molar-refractivity contribution in [2.75, 3.05) is 0 Å². The quantitative estimate of drug-likeness (QED) is 0.441. The minimum atomic E-state index is -0.374. The van der Waals surface area contributed by atoms with E-state index in [1.54, 1.807) is 25.1 Å². The topological polar surface area (TPSA) is 62.5 Å². The first-order chi connectivity index (χ1) is 14.4. The van der Waals surface area contributed by atoms with Crippen molar-refractivity contribution in [3.63, 3.8) is 0 Å².